The van der Waals surface area contributed by atoms with Gasteiger partial charge in [0.1, 0.15) is 5.60 Å². The standard InChI is InChI=1S/C13H23NO4S/c1-5-7-14(11(17)18-12(2,3)4)13(10(15)16)6-8-19-9-13/h5-9H2,1-4H3,(H,15,16). The van der Waals surface area contributed by atoms with Gasteiger partial charge in [-0.15, -0.1) is 0 Å². The van der Waals surface area contributed by atoms with Crippen LogP contribution in [0, 0.1) is 0 Å². The molecule has 1 amide bonds. The third-order valence-corrected chi connectivity index (χ3v) is 4.15. The normalized spacial score (nSPS) is 23.2. The number of hydrogen-bond acceptors (Lipinski definition) is 4. The van der Waals surface area contributed by atoms with Crippen LogP contribution in [0.2, 0.25) is 0 Å². The third-order valence-electron chi connectivity index (χ3n) is 2.98. The molecule has 0 radical (unpaired) electrons. The fourth-order valence-corrected chi connectivity index (χ4v) is 3.46. The van der Waals surface area contributed by atoms with Crippen molar-refractivity contribution >= 4 is 23.8 Å². The molecular weight excluding hydrogens is 266 g/mol. The van der Waals surface area contributed by atoms with E-state index < -0.39 is 23.2 Å². The quantitative estimate of drug-likeness (QED) is 0.861. The lowest BCUT2D eigenvalue weighted by Crippen LogP contribution is -2.58. The van der Waals surface area contributed by atoms with E-state index in [1.165, 1.54) is 4.90 Å². The van der Waals surface area contributed by atoms with Gasteiger partial charge >= 0.3 is 12.1 Å². The van der Waals surface area contributed by atoms with E-state index in [1.807, 2.05) is 6.92 Å². The molecule has 0 spiro atoms. The number of carboxylic acid groups (broad SMARTS) is 1. The second-order valence-electron chi connectivity index (χ2n) is 5.77. The van der Waals surface area contributed by atoms with Gasteiger partial charge in [-0.05, 0) is 39.4 Å². The SMILES string of the molecule is CCCN(C(=O)OC(C)(C)C)C1(C(=O)O)CCSC1. The third kappa shape index (κ3) is 3.78. The minimum absolute atomic E-state index is 0.405. The van der Waals surface area contributed by atoms with E-state index in [0.29, 0.717) is 25.1 Å². The number of nitrogens with zero attached hydrogens (tertiary/aromatic N) is 1. The van der Waals surface area contributed by atoms with E-state index in [1.54, 1.807) is 32.5 Å². The first kappa shape index (κ1) is 16.1. The predicted octanol–water partition coefficient (Wildman–Crippen LogP) is 2.59. The lowest BCUT2D eigenvalue weighted by atomic mass is 9.96. The molecule has 1 N–H and O–H groups in total. The molecule has 0 saturated carbocycles. The molecule has 1 unspecified atom stereocenters. The van der Waals surface area contributed by atoms with E-state index in [-0.39, 0.29) is 0 Å². The number of amides is 1. The van der Waals surface area contributed by atoms with Crippen molar-refractivity contribution in [2.75, 3.05) is 18.1 Å². The van der Waals surface area contributed by atoms with Gasteiger partial charge < -0.3 is 9.84 Å². The topological polar surface area (TPSA) is 66.8 Å². The Bertz CT molecular complexity index is 345. The van der Waals surface area contributed by atoms with Crippen molar-refractivity contribution in [3.05, 3.63) is 0 Å². The molecule has 0 aromatic heterocycles. The first-order valence-corrected chi connectivity index (χ1v) is 7.70. The van der Waals surface area contributed by atoms with Crippen LogP contribution in [0.4, 0.5) is 4.79 Å². The van der Waals surface area contributed by atoms with Crippen molar-refractivity contribution < 1.29 is 19.4 Å². The van der Waals surface area contributed by atoms with Crippen LogP contribution >= 0.6 is 11.8 Å². The molecule has 6 heteroatoms. The van der Waals surface area contributed by atoms with Crippen LogP contribution in [0.1, 0.15) is 40.5 Å². The summed E-state index contributed by atoms with van der Waals surface area (Å²) in [5, 5.41) is 9.55. The number of carbonyl (C=O) groups is 2. The fraction of sp³-hybridized carbons (Fsp3) is 0.846. The van der Waals surface area contributed by atoms with Crippen molar-refractivity contribution in [2.24, 2.45) is 0 Å². The maximum absolute atomic E-state index is 12.3. The second kappa shape index (κ2) is 6.03. The maximum atomic E-state index is 12.3. The summed E-state index contributed by atoms with van der Waals surface area (Å²) in [6.45, 7) is 7.68. The number of carboxylic acids is 1. The Hall–Kier alpha value is -0.910. The van der Waals surface area contributed by atoms with Crippen molar-refractivity contribution in [3.63, 3.8) is 0 Å². The van der Waals surface area contributed by atoms with Crippen LogP contribution in [0.3, 0.4) is 0 Å². The minimum Gasteiger partial charge on any atom is -0.479 e. The zero-order valence-corrected chi connectivity index (χ0v) is 12.9. The Balaban J connectivity index is 2.98. The van der Waals surface area contributed by atoms with E-state index in [0.717, 1.165) is 5.75 Å². The Labute approximate surface area is 118 Å². The van der Waals surface area contributed by atoms with Crippen LogP contribution in [-0.2, 0) is 9.53 Å². The minimum atomic E-state index is -1.11. The molecule has 1 aliphatic heterocycles. The van der Waals surface area contributed by atoms with Gasteiger partial charge in [0.25, 0.3) is 0 Å². The molecule has 1 rings (SSSR count). The average molecular weight is 289 g/mol. The molecule has 0 aromatic carbocycles. The lowest BCUT2D eigenvalue weighted by Gasteiger charge is -2.38. The molecule has 110 valence electrons. The highest BCUT2D eigenvalue weighted by Gasteiger charge is 2.50. The van der Waals surface area contributed by atoms with Crippen LogP contribution in [0.15, 0.2) is 0 Å². The Morgan fingerprint density at radius 1 is 1.42 bits per heavy atom. The Morgan fingerprint density at radius 3 is 2.42 bits per heavy atom. The van der Waals surface area contributed by atoms with Crippen molar-refractivity contribution in [1.82, 2.24) is 4.90 Å². The molecule has 1 fully saturated rings. The van der Waals surface area contributed by atoms with Crippen LogP contribution in [0.25, 0.3) is 0 Å². The van der Waals surface area contributed by atoms with Gasteiger partial charge in [-0.1, -0.05) is 6.92 Å². The first-order chi connectivity index (χ1) is 8.73. The van der Waals surface area contributed by atoms with Gasteiger partial charge in [0.05, 0.1) is 0 Å². The molecule has 1 heterocycles. The average Bonchev–Trinajstić information content (AvgIpc) is 2.73. The summed E-state index contributed by atoms with van der Waals surface area (Å²) in [4.78, 5) is 25.3. The van der Waals surface area contributed by atoms with Crippen LogP contribution in [-0.4, -0.2) is 51.3 Å². The molecule has 5 nitrogen and oxygen atoms in total. The van der Waals surface area contributed by atoms with Crippen molar-refractivity contribution in [3.8, 4) is 0 Å². The summed E-state index contributed by atoms with van der Waals surface area (Å²) in [5.74, 6) is 0.258. The lowest BCUT2D eigenvalue weighted by molar-refractivity contribution is -0.149. The molecule has 19 heavy (non-hydrogen) atoms. The molecular formula is C13H23NO4S. The smallest absolute Gasteiger partial charge is 0.411 e. The number of ether oxygens (including phenoxy) is 1. The largest absolute Gasteiger partial charge is 0.479 e. The number of rotatable bonds is 4. The van der Waals surface area contributed by atoms with Gasteiger partial charge in [-0.25, -0.2) is 9.59 Å². The number of thioether (sulfide) groups is 1. The summed E-state index contributed by atoms with van der Waals surface area (Å²) in [7, 11) is 0. The summed E-state index contributed by atoms with van der Waals surface area (Å²) < 4.78 is 5.35. The zero-order valence-electron chi connectivity index (χ0n) is 12.1. The predicted molar refractivity (Wildman–Crippen MR) is 75.5 cm³/mol. The highest BCUT2D eigenvalue weighted by atomic mass is 32.2. The van der Waals surface area contributed by atoms with E-state index >= 15 is 0 Å². The molecule has 1 saturated heterocycles. The summed E-state index contributed by atoms with van der Waals surface area (Å²) >= 11 is 1.57. The summed E-state index contributed by atoms with van der Waals surface area (Å²) in [6, 6.07) is 0. The molecule has 0 bridgehead atoms. The van der Waals surface area contributed by atoms with Crippen LogP contribution in [0.5, 0.6) is 0 Å². The van der Waals surface area contributed by atoms with Crippen molar-refractivity contribution in [2.45, 2.75) is 51.7 Å². The van der Waals surface area contributed by atoms with E-state index in [4.69, 9.17) is 4.74 Å². The fourth-order valence-electron chi connectivity index (χ4n) is 2.07. The number of hydrogen-bond donors (Lipinski definition) is 1. The Kier molecular flexibility index (Phi) is 5.12. The van der Waals surface area contributed by atoms with E-state index in [9.17, 15) is 14.7 Å². The highest BCUT2D eigenvalue weighted by molar-refractivity contribution is 7.99. The van der Waals surface area contributed by atoms with Gasteiger partial charge in [0.2, 0.25) is 0 Å². The van der Waals surface area contributed by atoms with Gasteiger partial charge in [0, 0.05) is 12.3 Å². The summed E-state index contributed by atoms with van der Waals surface area (Å²) in [5.41, 5.74) is -1.72. The van der Waals surface area contributed by atoms with Gasteiger partial charge in [-0.3, -0.25) is 4.90 Å². The first-order valence-electron chi connectivity index (χ1n) is 6.55. The second-order valence-corrected chi connectivity index (χ2v) is 6.88. The van der Waals surface area contributed by atoms with Crippen LogP contribution < -0.4 is 0 Å². The molecule has 0 aliphatic carbocycles. The van der Waals surface area contributed by atoms with Crippen molar-refractivity contribution in [1.29, 1.82) is 0 Å². The summed E-state index contributed by atoms with van der Waals surface area (Å²) in [6.07, 6.45) is 0.657. The van der Waals surface area contributed by atoms with Gasteiger partial charge in [-0.2, -0.15) is 11.8 Å². The van der Waals surface area contributed by atoms with Gasteiger partial charge in [0.15, 0.2) is 5.54 Å². The Morgan fingerprint density at radius 2 is 2.05 bits per heavy atom. The highest BCUT2D eigenvalue weighted by Crippen LogP contribution is 2.35. The number of aliphatic carboxylic acids is 1. The maximum Gasteiger partial charge on any atom is 0.411 e. The monoisotopic (exact) mass is 289 g/mol. The van der Waals surface area contributed by atoms with E-state index in [2.05, 4.69) is 0 Å². The molecule has 1 atom stereocenters. The molecule has 0 aromatic rings. The zero-order chi connectivity index (χ0) is 14.7. The number of carbonyl (C=O) groups excluding carboxylic acids is 1. The molecule has 1 aliphatic rings.